The van der Waals surface area contributed by atoms with Gasteiger partial charge in [-0.15, -0.1) is 0 Å². The number of amides is 3. The lowest BCUT2D eigenvalue weighted by molar-refractivity contribution is -0.137. The van der Waals surface area contributed by atoms with Gasteiger partial charge in [-0.3, -0.25) is 4.79 Å². The van der Waals surface area contributed by atoms with Gasteiger partial charge in [-0.1, -0.05) is 6.92 Å². The van der Waals surface area contributed by atoms with Crippen LogP contribution in [-0.4, -0.2) is 72.3 Å². The summed E-state index contributed by atoms with van der Waals surface area (Å²) in [6, 6.07) is 7.75. The van der Waals surface area contributed by atoms with Gasteiger partial charge in [-0.05, 0) is 75.2 Å². The van der Waals surface area contributed by atoms with E-state index >= 15 is 0 Å². The number of nitrogens with one attached hydrogen (secondary N) is 2. The fourth-order valence-electron chi connectivity index (χ4n) is 4.68. The van der Waals surface area contributed by atoms with Crippen LogP contribution in [0.5, 0.6) is 5.75 Å². The summed E-state index contributed by atoms with van der Waals surface area (Å²) < 4.78 is 44.8. The van der Waals surface area contributed by atoms with Gasteiger partial charge in [0.1, 0.15) is 11.9 Å². The number of likely N-dealkylation sites (N-methyl/N-ethyl adjacent to an activating group) is 1. The molecule has 1 fully saturated rings. The molecule has 3 atom stereocenters. The third-order valence-corrected chi connectivity index (χ3v) is 7.15. The van der Waals surface area contributed by atoms with Gasteiger partial charge in [-0.25, -0.2) is 4.79 Å². The lowest BCUT2D eigenvalue weighted by atomic mass is 9.99. The Hall–Kier alpha value is -3.31. The van der Waals surface area contributed by atoms with Gasteiger partial charge >= 0.3 is 12.2 Å². The molecule has 11 heteroatoms. The number of benzene rings is 2. The molecule has 2 aromatic carbocycles. The summed E-state index contributed by atoms with van der Waals surface area (Å²) in [6.45, 7) is 5.68. The molecule has 4 rings (SSSR count). The minimum absolute atomic E-state index is 0.00469. The lowest BCUT2D eigenvalue weighted by Gasteiger charge is -2.38. The summed E-state index contributed by atoms with van der Waals surface area (Å²) in [5.74, 6) is 0.793. The number of aliphatic hydroxyl groups is 1. The third-order valence-electron chi connectivity index (χ3n) is 7.15. The third kappa shape index (κ3) is 7.42. The summed E-state index contributed by atoms with van der Waals surface area (Å²) in [6.07, 6.45) is -2.18. The van der Waals surface area contributed by atoms with Gasteiger partial charge < -0.3 is 30.3 Å². The molecule has 212 valence electrons. The van der Waals surface area contributed by atoms with Crippen molar-refractivity contribution in [1.82, 2.24) is 9.80 Å². The molecule has 2 aromatic rings. The zero-order valence-corrected chi connectivity index (χ0v) is 22.3. The lowest BCUT2D eigenvalue weighted by Crippen LogP contribution is -2.50. The number of carbonyl (C=O) groups excluding carboxylic acids is 2. The van der Waals surface area contributed by atoms with Crippen molar-refractivity contribution in [2.45, 2.75) is 45.0 Å². The number of urea groups is 1. The minimum Gasteiger partial charge on any atom is -0.488 e. The standard InChI is InChI=1S/C28H35F3N4O4/c1-17-13-35(18(2)16-36)26(37)23-12-22(10-11-24(23)39-25(17)15-34(3)14-19-4-5-19)33-27(38)32-21-8-6-20(7-9-21)28(29,30)31/h6-12,17-19,25,36H,4-5,13-16H2,1-3H3,(H2,32,33,38)/t17-,18+,25-/m0/s1. The molecule has 39 heavy (non-hydrogen) atoms. The number of carbonyl (C=O) groups is 2. The van der Waals surface area contributed by atoms with Crippen LogP contribution < -0.4 is 15.4 Å². The van der Waals surface area contributed by atoms with Crippen molar-refractivity contribution in [3.8, 4) is 5.75 Å². The van der Waals surface area contributed by atoms with Crippen LogP contribution in [0.15, 0.2) is 42.5 Å². The van der Waals surface area contributed by atoms with Gasteiger partial charge in [0.2, 0.25) is 0 Å². The zero-order chi connectivity index (χ0) is 28.3. The summed E-state index contributed by atoms with van der Waals surface area (Å²) in [7, 11) is 2.07. The van der Waals surface area contributed by atoms with E-state index in [1.807, 2.05) is 6.92 Å². The maximum absolute atomic E-state index is 13.6. The number of aliphatic hydroxyl groups excluding tert-OH is 1. The van der Waals surface area contributed by atoms with Crippen molar-refractivity contribution < 1.29 is 32.6 Å². The van der Waals surface area contributed by atoms with Crippen LogP contribution in [0, 0.1) is 11.8 Å². The van der Waals surface area contributed by atoms with E-state index < -0.39 is 23.8 Å². The van der Waals surface area contributed by atoms with Crippen molar-refractivity contribution in [2.75, 3.05) is 43.9 Å². The highest BCUT2D eigenvalue weighted by Crippen LogP contribution is 2.33. The SMILES string of the molecule is C[C@H](CO)N1C[C@H](C)[C@H](CN(C)CC2CC2)Oc2ccc(NC(=O)Nc3ccc(C(F)(F)F)cc3)cc2C1=O. The predicted molar refractivity (Wildman–Crippen MR) is 142 cm³/mol. The molecule has 1 aliphatic carbocycles. The molecule has 0 aromatic heterocycles. The van der Waals surface area contributed by atoms with Crippen molar-refractivity contribution in [2.24, 2.45) is 11.8 Å². The van der Waals surface area contributed by atoms with E-state index in [-0.39, 0.29) is 35.8 Å². The molecule has 3 amide bonds. The van der Waals surface area contributed by atoms with E-state index in [4.69, 9.17) is 4.74 Å². The molecule has 3 N–H and O–H groups in total. The number of hydrogen-bond acceptors (Lipinski definition) is 5. The first-order chi connectivity index (χ1) is 18.4. The van der Waals surface area contributed by atoms with Crippen molar-refractivity contribution in [1.29, 1.82) is 0 Å². The number of ether oxygens (including phenoxy) is 1. The van der Waals surface area contributed by atoms with Gasteiger partial charge in [0, 0.05) is 36.9 Å². The van der Waals surface area contributed by atoms with E-state index in [0.29, 0.717) is 24.5 Å². The molecule has 0 spiro atoms. The molecule has 8 nitrogen and oxygen atoms in total. The Bertz CT molecular complexity index is 1170. The molecule has 0 saturated heterocycles. The maximum Gasteiger partial charge on any atom is 0.416 e. The second-order valence-corrected chi connectivity index (χ2v) is 10.7. The smallest absolute Gasteiger partial charge is 0.416 e. The molecule has 0 unspecified atom stereocenters. The Kier molecular flexibility index (Phi) is 8.70. The van der Waals surface area contributed by atoms with Crippen LogP contribution >= 0.6 is 0 Å². The van der Waals surface area contributed by atoms with E-state index in [1.54, 1.807) is 24.0 Å². The first-order valence-corrected chi connectivity index (χ1v) is 13.1. The summed E-state index contributed by atoms with van der Waals surface area (Å²) in [5, 5.41) is 14.9. The van der Waals surface area contributed by atoms with Gasteiger partial charge in [-0.2, -0.15) is 13.2 Å². The monoisotopic (exact) mass is 548 g/mol. The first-order valence-electron chi connectivity index (χ1n) is 13.1. The van der Waals surface area contributed by atoms with Crippen LogP contribution in [-0.2, 0) is 6.18 Å². The van der Waals surface area contributed by atoms with E-state index in [0.717, 1.165) is 36.7 Å². The summed E-state index contributed by atoms with van der Waals surface area (Å²) in [4.78, 5) is 30.0. The highest BCUT2D eigenvalue weighted by Gasteiger charge is 2.34. The van der Waals surface area contributed by atoms with Crippen molar-refractivity contribution in [3.05, 3.63) is 53.6 Å². The van der Waals surface area contributed by atoms with Gasteiger partial charge in [0.25, 0.3) is 5.91 Å². The van der Waals surface area contributed by atoms with Crippen molar-refractivity contribution >= 4 is 23.3 Å². The van der Waals surface area contributed by atoms with Crippen molar-refractivity contribution in [3.63, 3.8) is 0 Å². The normalized spacial score (nSPS) is 20.5. The average Bonchev–Trinajstić information content (AvgIpc) is 3.69. The Balaban J connectivity index is 1.52. The summed E-state index contributed by atoms with van der Waals surface area (Å²) >= 11 is 0. The van der Waals surface area contributed by atoms with Crippen LogP contribution in [0.1, 0.15) is 42.6 Å². The number of halogens is 3. The first kappa shape index (κ1) is 28.7. The van der Waals surface area contributed by atoms with Crippen LogP contribution in [0.2, 0.25) is 0 Å². The molecule has 2 aliphatic rings. The second-order valence-electron chi connectivity index (χ2n) is 10.7. The predicted octanol–water partition coefficient (Wildman–Crippen LogP) is 4.91. The Morgan fingerprint density at radius 2 is 1.77 bits per heavy atom. The van der Waals surface area contributed by atoms with Gasteiger partial charge in [0.15, 0.2) is 0 Å². The zero-order valence-electron chi connectivity index (χ0n) is 22.3. The number of alkyl halides is 3. The number of fused-ring (bicyclic) bond motifs is 1. The fraction of sp³-hybridized carbons (Fsp3) is 0.500. The van der Waals surface area contributed by atoms with Crippen LogP contribution in [0.25, 0.3) is 0 Å². The molecular weight excluding hydrogens is 513 g/mol. The Morgan fingerprint density at radius 1 is 1.13 bits per heavy atom. The van der Waals surface area contributed by atoms with E-state index in [1.165, 1.54) is 18.9 Å². The molecular formula is C28H35F3N4O4. The number of anilines is 2. The Morgan fingerprint density at radius 3 is 2.38 bits per heavy atom. The van der Waals surface area contributed by atoms with E-state index in [2.05, 4.69) is 22.6 Å². The highest BCUT2D eigenvalue weighted by molar-refractivity contribution is 6.02. The van der Waals surface area contributed by atoms with Crippen LogP contribution in [0.3, 0.4) is 0 Å². The molecule has 0 bridgehead atoms. The number of nitrogens with zero attached hydrogens (tertiary/aromatic N) is 2. The second kappa shape index (κ2) is 11.8. The molecule has 1 saturated carbocycles. The topological polar surface area (TPSA) is 94.1 Å². The number of hydrogen-bond donors (Lipinski definition) is 3. The largest absolute Gasteiger partial charge is 0.488 e. The molecule has 1 heterocycles. The fourth-order valence-corrected chi connectivity index (χ4v) is 4.68. The van der Waals surface area contributed by atoms with Gasteiger partial charge in [0.05, 0.1) is 23.8 Å². The Labute approximate surface area is 226 Å². The number of rotatable bonds is 8. The quantitative estimate of drug-likeness (QED) is 0.436. The molecule has 1 aliphatic heterocycles. The molecule has 0 radical (unpaired) electrons. The highest BCUT2D eigenvalue weighted by atomic mass is 19.4. The maximum atomic E-state index is 13.6. The van der Waals surface area contributed by atoms with E-state index in [9.17, 15) is 27.9 Å². The summed E-state index contributed by atoms with van der Waals surface area (Å²) in [5.41, 5.74) is -0.0741. The average molecular weight is 549 g/mol. The minimum atomic E-state index is -4.47. The van der Waals surface area contributed by atoms with Crippen LogP contribution in [0.4, 0.5) is 29.3 Å².